The number of anilines is 1. The maximum atomic E-state index is 10.1. The van der Waals surface area contributed by atoms with Crippen LogP contribution in [0.5, 0.6) is 0 Å². The molecule has 1 saturated heterocycles. The molecule has 2 bridgehead atoms. The summed E-state index contributed by atoms with van der Waals surface area (Å²) < 4.78 is 6.32. The van der Waals surface area contributed by atoms with Crippen LogP contribution >= 0.6 is 0 Å². The van der Waals surface area contributed by atoms with E-state index in [1.165, 1.54) is 16.8 Å². The van der Waals surface area contributed by atoms with E-state index in [-0.39, 0.29) is 18.1 Å². The SMILES string of the molecule is CC1=C[C@H](C)[C@@]2(CO)CO[C@@H](c3ccc(N(C)C)cc3)[C@@H]1[C@@H]2C. The number of rotatable bonds is 3. The van der Waals surface area contributed by atoms with E-state index in [0.29, 0.717) is 24.4 Å². The molecule has 0 saturated carbocycles. The second kappa shape index (κ2) is 5.95. The molecule has 0 amide bonds. The monoisotopic (exact) mass is 315 g/mol. The molecule has 3 nitrogen and oxygen atoms in total. The highest BCUT2D eigenvalue weighted by Gasteiger charge is 2.53. The number of benzene rings is 1. The standard InChI is InChI=1S/C20H29NO2/c1-13-10-14(2)20(11-22)12-23-19(18(13)15(20)3)16-6-8-17(9-7-16)21(4)5/h6-10,14-15,18-19,22H,11-12H2,1-5H3/t14-,15-,18-,19-,20+/m0/s1. The average molecular weight is 315 g/mol. The fourth-order valence-corrected chi connectivity index (χ4v) is 4.55. The molecule has 1 aliphatic carbocycles. The Balaban J connectivity index is 1.95. The first-order chi connectivity index (χ1) is 10.9. The summed E-state index contributed by atoms with van der Waals surface area (Å²) in [7, 11) is 4.11. The number of nitrogens with zero attached hydrogens (tertiary/aromatic N) is 1. The van der Waals surface area contributed by atoms with Gasteiger partial charge in [0.25, 0.3) is 0 Å². The molecule has 1 fully saturated rings. The number of ether oxygens (including phenoxy) is 1. The largest absolute Gasteiger partial charge is 0.396 e. The van der Waals surface area contributed by atoms with Crippen LogP contribution in [0.2, 0.25) is 0 Å². The molecular weight excluding hydrogens is 286 g/mol. The first-order valence-electron chi connectivity index (χ1n) is 8.59. The highest BCUT2D eigenvalue weighted by molar-refractivity contribution is 5.46. The van der Waals surface area contributed by atoms with Crippen molar-refractivity contribution in [2.75, 3.05) is 32.2 Å². The topological polar surface area (TPSA) is 32.7 Å². The van der Waals surface area contributed by atoms with Gasteiger partial charge in [0.15, 0.2) is 0 Å². The molecule has 1 aromatic rings. The van der Waals surface area contributed by atoms with Crippen LogP contribution in [-0.2, 0) is 4.74 Å². The third-order valence-corrected chi connectivity index (χ3v) is 6.28. The molecule has 2 aliphatic rings. The molecule has 0 unspecified atom stereocenters. The summed E-state index contributed by atoms with van der Waals surface area (Å²) in [5.74, 6) is 1.12. The number of hydrogen-bond acceptors (Lipinski definition) is 3. The summed E-state index contributed by atoms with van der Waals surface area (Å²) in [6.07, 6.45) is 2.44. The lowest BCUT2D eigenvalue weighted by Gasteiger charge is -2.55. The normalized spacial score (nSPS) is 36.5. The van der Waals surface area contributed by atoms with E-state index in [9.17, 15) is 5.11 Å². The molecular formula is C20H29NO2. The summed E-state index contributed by atoms with van der Waals surface area (Å²) in [6.45, 7) is 7.54. The van der Waals surface area contributed by atoms with Crippen molar-refractivity contribution in [3.05, 3.63) is 41.5 Å². The number of aliphatic hydroxyl groups excluding tert-OH is 1. The van der Waals surface area contributed by atoms with Crippen LogP contribution in [0.25, 0.3) is 0 Å². The Kier molecular flexibility index (Phi) is 4.28. The second-order valence-corrected chi connectivity index (χ2v) is 7.62. The zero-order valence-electron chi connectivity index (χ0n) is 14.9. The van der Waals surface area contributed by atoms with Gasteiger partial charge in [-0.1, -0.05) is 37.6 Å². The first-order valence-corrected chi connectivity index (χ1v) is 8.59. The van der Waals surface area contributed by atoms with Crippen molar-refractivity contribution in [1.82, 2.24) is 0 Å². The Morgan fingerprint density at radius 2 is 1.87 bits per heavy atom. The average Bonchev–Trinajstić information content (AvgIpc) is 2.53. The molecule has 126 valence electrons. The molecule has 0 aromatic heterocycles. The smallest absolute Gasteiger partial charge is 0.0893 e. The Hall–Kier alpha value is -1.32. The van der Waals surface area contributed by atoms with E-state index in [1.54, 1.807) is 0 Å². The summed E-state index contributed by atoms with van der Waals surface area (Å²) in [5, 5.41) is 10.1. The molecule has 3 rings (SSSR count). The van der Waals surface area contributed by atoms with Crippen molar-refractivity contribution in [2.24, 2.45) is 23.2 Å². The van der Waals surface area contributed by atoms with E-state index < -0.39 is 0 Å². The summed E-state index contributed by atoms with van der Waals surface area (Å²) >= 11 is 0. The lowest BCUT2D eigenvalue weighted by Crippen LogP contribution is -2.53. The van der Waals surface area contributed by atoms with Crippen LogP contribution in [0.4, 0.5) is 5.69 Å². The van der Waals surface area contributed by atoms with Gasteiger partial charge >= 0.3 is 0 Å². The molecule has 0 radical (unpaired) electrons. The minimum Gasteiger partial charge on any atom is -0.396 e. The molecule has 1 N–H and O–H groups in total. The van der Waals surface area contributed by atoms with Crippen LogP contribution in [0.15, 0.2) is 35.9 Å². The minimum absolute atomic E-state index is 0.0876. The van der Waals surface area contributed by atoms with Gasteiger partial charge in [-0.05, 0) is 36.5 Å². The number of hydrogen-bond donors (Lipinski definition) is 1. The van der Waals surface area contributed by atoms with Gasteiger partial charge in [0.1, 0.15) is 0 Å². The van der Waals surface area contributed by atoms with Crippen molar-refractivity contribution in [2.45, 2.75) is 26.9 Å². The highest BCUT2D eigenvalue weighted by atomic mass is 16.5. The Morgan fingerprint density at radius 1 is 1.22 bits per heavy atom. The molecule has 5 atom stereocenters. The third-order valence-electron chi connectivity index (χ3n) is 6.28. The maximum absolute atomic E-state index is 10.1. The minimum atomic E-state index is -0.135. The van der Waals surface area contributed by atoms with Crippen LogP contribution in [0, 0.1) is 23.2 Å². The maximum Gasteiger partial charge on any atom is 0.0893 e. The fourth-order valence-electron chi connectivity index (χ4n) is 4.55. The van der Waals surface area contributed by atoms with Gasteiger partial charge < -0.3 is 14.7 Å². The summed E-state index contributed by atoms with van der Waals surface area (Å²) in [6, 6.07) is 8.68. The number of fused-ring (bicyclic) bond motifs is 2. The molecule has 3 heteroatoms. The highest BCUT2D eigenvalue weighted by Crippen LogP contribution is 2.55. The molecule has 23 heavy (non-hydrogen) atoms. The first kappa shape index (κ1) is 16.5. The van der Waals surface area contributed by atoms with Crippen LogP contribution in [0.1, 0.15) is 32.4 Å². The molecule has 1 heterocycles. The van der Waals surface area contributed by atoms with E-state index in [0.717, 1.165) is 0 Å². The Labute approximate surface area is 140 Å². The summed E-state index contributed by atoms with van der Waals surface area (Å²) in [5.41, 5.74) is 3.70. The van der Waals surface area contributed by atoms with Crippen molar-refractivity contribution in [3.63, 3.8) is 0 Å². The fraction of sp³-hybridized carbons (Fsp3) is 0.600. The zero-order valence-corrected chi connectivity index (χ0v) is 14.9. The van der Waals surface area contributed by atoms with Gasteiger partial charge in [-0.15, -0.1) is 0 Å². The predicted octanol–water partition coefficient (Wildman–Crippen LogP) is 3.65. The van der Waals surface area contributed by atoms with Crippen molar-refractivity contribution < 1.29 is 9.84 Å². The third kappa shape index (κ3) is 2.50. The zero-order chi connectivity index (χ0) is 16.8. The number of aliphatic hydroxyl groups is 1. The Morgan fingerprint density at radius 3 is 2.43 bits per heavy atom. The van der Waals surface area contributed by atoms with Gasteiger partial charge in [0, 0.05) is 31.1 Å². The lowest BCUT2D eigenvalue weighted by molar-refractivity contribution is -0.165. The van der Waals surface area contributed by atoms with E-state index in [1.807, 2.05) is 0 Å². The van der Waals surface area contributed by atoms with Gasteiger partial charge in [0.05, 0.1) is 19.3 Å². The second-order valence-electron chi connectivity index (χ2n) is 7.62. The molecule has 0 spiro atoms. The summed E-state index contributed by atoms with van der Waals surface area (Å²) in [4.78, 5) is 2.11. The van der Waals surface area contributed by atoms with Crippen molar-refractivity contribution >= 4 is 5.69 Å². The Bertz CT molecular complexity index is 592. The van der Waals surface area contributed by atoms with E-state index >= 15 is 0 Å². The van der Waals surface area contributed by atoms with E-state index in [2.05, 4.69) is 70.1 Å². The lowest BCUT2D eigenvalue weighted by atomic mass is 9.56. The predicted molar refractivity (Wildman–Crippen MR) is 94.6 cm³/mol. The molecule has 1 aliphatic heterocycles. The number of allylic oxidation sites excluding steroid dienone is 1. The van der Waals surface area contributed by atoms with Gasteiger partial charge in [0.2, 0.25) is 0 Å². The van der Waals surface area contributed by atoms with E-state index in [4.69, 9.17) is 4.74 Å². The van der Waals surface area contributed by atoms with Crippen LogP contribution < -0.4 is 4.90 Å². The van der Waals surface area contributed by atoms with Gasteiger partial charge in [-0.3, -0.25) is 0 Å². The molecule has 1 aromatic carbocycles. The van der Waals surface area contributed by atoms with Crippen LogP contribution in [0.3, 0.4) is 0 Å². The van der Waals surface area contributed by atoms with Crippen LogP contribution in [-0.4, -0.2) is 32.4 Å². The van der Waals surface area contributed by atoms with Crippen molar-refractivity contribution in [1.29, 1.82) is 0 Å². The van der Waals surface area contributed by atoms with Crippen molar-refractivity contribution in [3.8, 4) is 0 Å². The van der Waals surface area contributed by atoms with Gasteiger partial charge in [-0.2, -0.15) is 0 Å². The quantitative estimate of drug-likeness (QED) is 0.864. The van der Waals surface area contributed by atoms with Gasteiger partial charge in [-0.25, -0.2) is 0 Å².